The van der Waals surface area contributed by atoms with Crippen LogP contribution in [0.5, 0.6) is 11.5 Å². The number of benzene rings is 2. The first-order chi connectivity index (χ1) is 14.9. The Morgan fingerprint density at radius 2 is 1.94 bits per heavy atom. The van der Waals surface area contributed by atoms with Crippen molar-refractivity contribution in [2.75, 3.05) is 23.3 Å². The van der Waals surface area contributed by atoms with E-state index in [1.807, 2.05) is 0 Å². The summed E-state index contributed by atoms with van der Waals surface area (Å²) in [6.07, 6.45) is 1.29. The smallest absolute Gasteiger partial charge is 0.268 e. The van der Waals surface area contributed by atoms with Gasteiger partial charge in [0.25, 0.3) is 15.9 Å². The maximum Gasteiger partial charge on any atom is 0.268 e. The zero-order valence-corrected chi connectivity index (χ0v) is 18.7. The van der Waals surface area contributed by atoms with Crippen LogP contribution in [0.1, 0.15) is 6.42 Å². The summed E-state index contributed by atoms with van der Waals surface area (Å²) in [7, 11) is -2.25. The molecule has 0 saturated carbocycles. The van der Waals surface area contributed by atoms with Crippen LogP contribution in [-0.4, -0.2) is 39.1 Å². The lowest BCUT2D eigenvalue weighted by Gasteiger charge is -2.18. The van der Waals surface area contributed by atoms with Gasteiger partial charge in [-0.3, -0.25) is 9.52 Å². The fourth-order valence-electron chi connectivity index (χ4n) is 3.17. The summed E-state index contributed by atoms with van der Waals surface area (Å²) in [6.45, 7) is 0.439. The van der Waals surface area contributed by atoms with Crippen LogP contribution in [0.25, 0.3) is 0 Å². The molecular formula is C20H18ClN3O5S2. The molecule has 2 heterocycles. The summed E-state index contributed by atoms with van der Waals surface area (Å²) in [5.41, 5.74) is 0.584. The SMILES string of the molecule is COc1cccc(OC2CCN(c3ccc(S(=O)(=O)Nc4nccs4)cc3)C2=O)c1Cl. The topological polar surface area (TPSA) is 97.8 Å². The first-order valence-corrected chi connectivity index (χ1v) is 12.0. The molecule has 31 heavy (non-hydrogen) atoms. The number of carbonyl (C=O) groups is 1. The van der Waals surface area contributed by atoms with Crippen molar-refractivity contribution in [2.45, 2.75) is 17.4 Å². The summed E-state index contributed by atoms with van der Waals surface area (Å²) in [5, 5.41) is 2.27. The molecule has 0 radical (unpaired) electrons. The lowest BCUT2D eigenvalue weighted by Crippen LogP contribution is -2.32. The second-order valence-electron chi connectivity index (χ2n) is 6.59. The number of carbonyl (C=O) groups excluding carboxylic acids is 1. The van der Waals surface area contributed by atoms with Crippen molar-refractivity contribution in [3.05, 3.63) is 59.1 Å². The third kappa shape index (κ3) is 4.46. The Bertz CT molecular complexity index is 1180. The molecule has 1 amide bonds. The van der Waals surface area contributed by atoms with E-state index < -0.39 is 16.1 Å². The van der Waals surface area contributed by atoms with E-state index in [1.54, 1.807) is 40.6 Å². The number of methoxy groups -OCH3 is 1. The molecule has 2 aromatic carbocycles. The molecule has 1 unspecified atom stereocenters. The number of hydrogen-bond acceptors (Lipinski definition) is 7. The number of hydrogen-bond donors (Lipinski definition) is 1. The summed E-state index contributed by atoms with van der Waals surface area (Å²) < 4.78 is 38.4. The molecule has 0 aliphatic carbocycles. The van der Waals surface area contributed by atoms with Crippen molar-refractivity contribution < 1.29 is 22.7 Å². The number of nitrogens with one attached hydrogen (secondary N) is 1. The van der Waals surface area contributed by atoms with E-state index in [-0.39, 0.29) is 15.9 Å². The molecule has 1 atom stereocenters. The highest BCUT2D eigenvalue weighted by Gasteiger charge is 2.35. The lowest BCUT2D eigenvalue weighted by molar-refractivity contribution is -0.122. The quantitative estimate of drug-likeness (QED) is 0.553. The van der Waals surface area contributed by atoms with Gasteiger partial charge in [-0.1, -0.05) is 17.7 Å². The molecule has 1 aliphatic rings. The number of amides is 1. The third-order valence-electron chi connectivity index (χ3n) is 4.69. The molecule has 1 aliphatic heterocycles. The van der Waals surface area contributed by atoms with Gasteiger partial charge < -0.3 is 14.4 Å². The van der Waals surface area contributed by atoms with Crippen molar-refractivity contribution in [3.8, 4) is 11.5 Å². The van der Waals surface area contributed by atoms with Crippen LogP contribution < -0.4 is 19.1 Å². The summed E-state index contributed by atoms with van der Waals surface area (Å²) >= 11 is 7.44. The fourth-order valence-corrected chi connectivity index (χ4v) is 5.20. The fraction of sp³-hybridized carbons (Fsp3) is 0.200. The largest absolute Gasteiger partial charge is 0.495 e. The molecule has 162 valence electrons. The van der Waals surface area contributed by atoms with Crippen molar-refractivity contribution in [1.82, 2.24) is 4.98 Å². The number of aromatic nitrogens is 1. The van der Waals surface area contributed by atoms with Gasteiger partial charge in [-0.2, -0.15) is 0 Å². The number of ether oxygens (including phenoxy) is 2. The monoisotopic (exact) mass is 479 g/mol. The molecule has 3 aromatic rings. The average molecular weight is 480 g/mol. The molecule has 0 bridgehead atoms. The maximum absolute atomic E-state index is 12.9. The van der Waals surface area contributed by atoms with Crippen molar-refractivity contribution >= 4 is 49.7 Å². The van der Waals surface area contributed by atoms with E-state index in [9.17, 15) is 13.2 Å². The second kappa shape index (κ2) is 8.74. The Balaban J connectivity index is 1.47. The Kier molecular flexibility index (Phi) is 6.03. The van der Waals surface area contributed by atoms with Crippen LogP contribution in [0.15, 0.2) is 58.9 Å². The number of halogens is 1. The Labute approximate surface area is 188 Å². The molecular weight excluding hydrogens is 462 g/mol. The predicted molar refractivity (Wildman–Crippen MR) is 119 cm³/mol. The van der Waals surface area contributed by atoms with Crippen LogP contribution in [-0.2, 0) is 14.8 Å². The standard InChI is InChI=1S/C20H18ClN3O5S2/c1-28-15-3-2-4-16(18(15)21)29-17-9-11-24(19(17)25)13-5-7-14(8-6-13)31(26,27)23-20-22-10-12-30-20/h2-8,10,12,17H,9,11H2,1H3,(H,22,23). The maximum atomic E-state index is 12.9. The molecule has 1 aromatic heterocycles. The van der Waals surface area contributed by atoms with Gasteiger partial charge in [0, 0.05) is 30.2 Å². The first-order valence-electron chi connectivity index (χ1n) is 9.22. The van der Waals surface area contributed by atoms with Crippen LogP contribution in [0.4, 0.5) is 10.8 Å². The first kappa shape index (κ1) is 21.4. The predicted octanol–water partition coefficient (Wildman–Crippen LogP) is 3.79. The van der Waals surface area contributed by atoms with E-state index in [0.717, 1.165) is 0 Å². The number of anilines is 2. The molecule has 8 nitrogen and oxygen atoms in total. The zero-order chi connectivity index (χ0) is 22.0. The van der Waals surface area contributed by atoms with E-state index in [4.69, 9.17) is 21.1 Å². The van der Waals surface area contributed by atoms with Gasteiger partial charge >= 0.3 is 0 Å². The van der Waals surface area contributed by atoms with Crippen LogP contribution in [0.2, 0.25) is 5.02 Å². The second-order valence-corrected chi connectivity index (χ2v) is 9.55. The van der Waals surface area contributed by atoms with Gasteiger partial charge in [0.15, 0.2) is 11.2 Å². The highest BCUT2D eigenvalue weighted by Crippen LogP contribution is 2.35. The number of sulfonamides is 1. The highest BCUT2D eigenvalue weighted by molar-refractivity contribution is 7.93. The summed E-state index contributed by atoms with van der Waals surface area (Å²) in [5.74, 6) is 0.607. The van der Waals surface area contributed by atoms with Gasteiger partial charge in [0.2, 0.25) is 0 Å². The van der Waals surface area contributed by atoms with Gasteiger partial charge in [-0.15, -0.1) is 11.3 Å². The highest BCUT2D eigenvalue weighted by atomic mass is 35.5. The van der Waals surface area contributed by atoms with Crippen LogP contribution in [0.3, 0.4) is 0 Å². The van der Waals surface area contributed by atoms with E-state index in [2.05, 4.69) is 9.71 Å². The lowest BCUT2D eigenvalue weighted by atomic mass is 10.3. The summed E-state index contributed by atoms with van der Waals surface area (Å²) in [4.78, 5) is 18.4. The van der Waals surface area contributed by atoms with Gasteiger partial charge in [-0.05, 0) is 36.4 Å². The molecule has 4 rings (SSSR count). The van der Waals surface area contributed by atoms with E-state index in [1.165, 1.54) is 36.8 Å². The molecule has 0 spiro atoms. The van der Waals surface area contributed by atoms with Gasteiger partial charge in [0.05, 0.1) is 12.0 Å². The van der Waals surface area contributed by atoms with Crippen LogP contribution in [0, 0.1) is 0 Å². The van der Waals surface area contributed by atoms with Crippen molar-refractivity contribution in [1.29, 1.82) is 0 Å². The summed E-state index contributed by atoms with van der Waals surface area (Å²) in [6, 6.07) is 11.2. The minimum Gasteiger partial charge on any atom is -0.495 e. The van der Waals surface area contributed by atoms with Crippen LogP contribution >= 0.6 is 22.9 Å². The zero-order valence-electron chi connectivity index (χ0n) is 16.3. The number of nitrogens with zero attached hydrogens (tertiary/aromatic N) is 2. The Morgan fingerprint density at radius 1 is 1.19 bits per heavy atom. The van der Waals surface area contributed by atoms with E-state index >= 15 is 0 Å². The van der Waals surface area contributed by atoms with Gasteiger partial charge in [-0.25, -0.2) is 13.4 Å². The Morgan fingerprint density at radius 3 is 2.61 bits per heavy atom. The normalized spacial score (nSPS) is 16.4. The molecule has 1 saturated heterocycles. The average Bonchev–Trinajstić information content (AvgIpc) is 3.39. The Hall–Kier alpha value is -2.82. The molecule has 1 fully saturated rings. The number of rotatable bonds is 7. The van der Waals surface area contributed by atoms with Crippen molar-refractivity contribution in [3.63, 3.8) is 0 Å². The van der Waals surface area contributed by atoms with E-state index in [0.29, 0.717) is 35.2 Å². The van der Waals surface area contributed by atoms with Gasteiger partial charge in [0.1, 0.15) is 16.5 Å². The molecule has 11 heteroatoms. The third-order valence-corrected chi connectivity index (χ3v) is 7.23. The minimum absolute atomic E-state index is 0.0778. The van der Waals surface area contributed by atoms with Crippen molar-refractivity contribution in [2.24, 2.45) is 0 Å². The number of thiazole rings is 1. The minimum atomic E-state index is -3.76. The molecule has 1 N–H and O–H groups in total.